The molecule has 0 fully saturated rings. The van der Waals surface area contributed by atoms with Crippen molar-refractivity contribution in [2.45, 2.75) is 0 Å². The van der Waals surface area contributed by atoms with E-state index in [1.54, 1.807) is 0 Å². The molecule has 0 bridgehead atoms. The second-order valence-corrected chi connectivity index (χ2v) is 22.2. The molecule has 11 rings (SSSR count). The first kappa shape index (κ1) is 69.2. The number of hydrogen-bond donors (Lipinski definition) is 8. The van der Waals surface area contributed by atoms with Crippen molar-refractivity contribution >= 4 is 348 Å². The van der Waals surface area contributed by atoms with E-state index in [-0.39, 0.29) is 264 Å². The van der Waals surface area contributed by atoms with E-state index < -0.39 is 118 Å². The van der Waals surface area contributed by atoms with Crippen molar-refractivity contribution in [2.24, 2.45) is 0 Å². The SMILES string of the molecule is O=S(=O)(O)Oc1c2ccccc2c(OS(=O)(=O)O)c2c1ccc1c3ccc4c(OS(=O)(=O)O)c5c(ccc6c7ccc8c(OS(=O)(=O)O)c9ccccc9c(OS(=O)(=O)O)c8c7[nH]c65)c(OS(=O)(=O)O)c4c3[nH]c12.[Na].[Na].[Na].[Na].[Na].[Na]. The third kappa shape index (κ3) is 13.1. The van der Waals surface area contributed by atoms with Gasteiger partial charge in [-0.25, -0.2) is 0 Å². The molecule has 0 atom stereocenters. The van der Waals surface area contributed by atoms with E-state index in [0.29, 0.717) is 0 Å². The molecule has 26 nitrogen and oxygen atoms in total. The Morgan fingerprint density at radius 1 is 0.237 bits per heavy atom. The van der Waals surface area contributed by atoms with Gasteiger partial charge in [-0.1, -0.05) is 72.8 Å². The molecule has 0 aliphatic heterocycles. The average Bonchev–Trinajstić information content (AvgIpc) is 3.85. The summed E-state index contributed by atoms with van der Waals surface area (Å²) in [7, 11) is -32.7. The van der Waals surface area contributed by atoms with Crippen molar-refractivity contribution in [3.05, 3.63) is 97.1 Å². The Kier molecular flexibility index (Phi) is 21.0. The number of aromatic nitrogens is 2. The fraction of sp³-hybridized carbons (Fsp3) is 0. The molecular formula is C42H24N2Na6O24S6. The minimum absolute atomic E-state index is 0. The number of rotatable bonds is 12. The molecular weight excluding hydrogens is 1250 g/mol. The van der Waals surface area contributed by atoms with Crippen LogP contribution in [0.25, 0.3) is 108 Å². The molecule has 0 amide bonds. The van der Waals surface area contributed by atoms with Gasteiger partial charge in [-0.3, -0.25) is 27.3 Å². The molecule has 0 saturated heterocycles. The largest absolute Gasteiger partial charge is 0.446 e. The van der Waals surface area contributed by atoms with Gasteiger partial charge in [0.1, 0.15) is 0 Å². The minimum Gasteiger partial charge on any atom is -0.360 e. The van der Waals surface area contributed by atoms with Gasteiger partial charge >= 0.3 is 62.4 Å². The Balaban J connectivity index is 0.00000196. The van der Waals surface area contributed by atoms with E-state index in [4.69, 9.17) is 25.1 Å². The van der Waals surface area contributed by atoms with Crippen LogP contribution in [0.5, 0.6) is 34.5 Å². The van der Waals surface area contributed by atoms with Gasteiger partial charge in [0.15, 0.2) is 34.5 Å². The minimum atomic E-state index is -5.61. The standard InChI is InChI=1S/C42H24N2O24S6.6Na/c45-69(46,47)63-37-21-5-1-3-7-23(21)39(65-71(51,52)53)29-25(37)13-9-17-19-11-15-27-31(35(19)43-33(17)29)41(67-73(57,58)59)28-16-12-20-18-10-14-26-30(34(18)44-36(20)32(28)42(27)68-74(60,61)62)40(66-72(54,55)56)24-8-4-2-6-22(24)38(26)64-70(48,49)50;;;;;;/h1-16,43-44H,(H,45,46,47)(H,48,49,50)(H,51,52,53)(H,54,55,56)(H,57,58,59)(H,60,61,62);;;;;;. The summed E-state index contributed by atoms with van der Waals surface area (Å²) >= 11 is 0. The van der Waals surface area contributed by atoms with Crippen molar-refractivity contribution in [2.75, 3.05) is 0 Å². The zero-order chi connectivity index (χ0) is 53.0. The first-order valence-electron chi connectivity index (χ1n) is 20.1. The van der Waals surface area contributed by atoms with E-state index >= 15 is 0 Å². The van der Waals surface area contributed by atoms with Crippen LogP contribution in [0.15, 0.2) is 97.1 Å². The summed E-state index contributed by atoms with van der Waals surface area (Å²) in [6, 6.07) is 20.5. The Morgan fingerprint density at radius 2 is 0.400 bits per heavy atom. The number of H-pyrrole nitrogens is 2. The molecule has 2 aromatic heterocycles. The topological polar surface area (TPSA) is 413 Å². The van der Waals surface area contributed by atoms with Crippen LogP contribution < -0.4 is 25.1 Å². The van der Waals surface area contributed by atoms with Crippen LogP contribution >= 0.6 is 0 Å². The monoisotopic (exact) mass is 1270 g/mol. The van der Waals surface area contributed by atoms with Crippen molar-refractivity contribution < 1.29 is 103 Å². The molecule has 0 aliphatic carbocycles. The molecule has 0 aliphatic rings. The predicted molar refractivity (Wildman–Crippen MR) is 298 cm³/mol. The quantitative estimate of drug-likeness (QED) is 0.0467. The van der Waals surface area contributed by atoms with Crippen LogP contribution in [0, 0.1) is 0 Å². The molecule has 0 spiro atoms. The van der Waals surface area contributed by atoms with Gasteiger partial charge in [0, 0.05) is 242 Å². The second-order valence-electron chi connectivity index (χ2n) is 16.0. The van der Waals surface area contributed by atoms with Gasteiger partial charge in [0.05, 0.1) is 43.6 Å². The molecule has 2 heterocycles. The Hall–Kier alpha value is -1.60. The number of aromatic amines is 2. The number of hydrogen-bond acceptors (Lipinski definition) is 18. The summed E-state index contributed by atoms with van der Waals surface area (Å²) in [5.41, 5.74) is -0.838. The van der Waals surface area contributed by atoms with E-state index in [2.05, 4.69) is 9.97 Å². The van der Waals surface area contributed by atoms with Crippen LogP contribution in [0.1, 0.15) is 0 Å². The van der Waals surface area contributed by atoms with Gasteiger partial charge < -0.3 is 35.1 Å². The first-order valence-corrected chi connectivity index (χ1v) is 28.3. The maximum Gasteiger partial charge on any atom is 0.446 e. The van der Waals surface area contributed by atoms with Gasteiger partial charge in [-0.2, -0.15) is 50.5 Å². The Labute approximate surface area is 583 Å². The zero-order valence-electron chi connectivity index (χ0n) is 41.7. The fourth-order valence-electron chi connectivity index (χ4n) is 9.52. The molecule has 0 unspecified atom stereocenters. The van der Waals surface area contributed by atoms with Crippen molar-refractivity contribution in [3.8, 4) is 34.5 Å². The van der Waals surface area contributed by atoms with Gasteiger partial charge in [0.2, 0.25) is 0 Å². The molecule has 38 heteroatoms. The molecule has 6 radical (unpaired) electrons. The predicted octanol–water partition coefficient (Wildman–Crippen LogP) is 4.68. The number of fused-ring (bicyclic) bond motifs is 16. The summed E-state index contributed by atoms with van der Waals surface area (Å²) in [4.78, 5) is 5.91. The number of nitrogens with one attached hydrogen (secondary N) is 2. The molecule has 8 N–H and O–H groups in total. The van der Waals surface area contributed by atoms with Gasteiger partial charge in [0.25, 0.3) is 0 Å². The number of benzene rings is 9. The van der Waals surface area contributed by atoms with E-state index in [9.17, 15) is 77.8 Å². The van der Waals surface area contributed by atoms with Crippen molar-refractivity contribution in [3.63, 3.8) is 0 Å². The molecule has 11 aromatic rings. The maximum absolute atomic E-state index is 12.9. The van der Waals surface area contributed by atoms with Crippen molar-refractivity contribution in [1.82, 2.24) is 9.97 Å². The smallest absolute Gasteiger partial charge is 0.360 e. The summed E-state index contributed by atoms with van der Waals surface area (Å²) < 4.78 is 241. The van der Waals surface area contributed by atoms with Gasteiger partial charge in [-0.05, 0) is 24.3 Å². The molecule has 9 aromatic carbocycles. The van der Waals surface area contributed by atoms with Crippen molar-refractivity contribution in [1.29, 1.82) is 0 Å². The first-order chi connectivity index (χ1) is 34.4. The summed E-state index contributed by atoms with van der Waals surface area (Å²) in [5, 5.41) is -3.45. The maximum atomic E-state index is 12.9. The Bertz CT molecular complexity index is 4840. The zero-order valence-corrected chi connectivity index (χ0v) is 58.6. The third-order valence-corrected chi connectivity index (χ3v) is 14.0. The van der Waals surface area contributed by atoms with Crippen LogP contribution in [0.4, 0.5) is 0 Å². The third-order valence-electron chi connectivity index (χ3n) is 11.8. The summed E-state index contributed by atoms with van der Waals surface area (Å²) in [6.07, 6.45) is 0. The molecule has 80 heavy (non-hydrogen) atoms. The molecule has 388 valence electrons. The van der Waals surface area contributed by atoms with E-state index in [0.717, 1.165) is 12.1 Å². The van der Waals surface area contributed by atoms with Gasteiger partial charge in [-0.15, -0.1) is 0 Å². The fourth-order valence-corrected chi connectivity index (χ4v) is 11.8. The molecule has 0 saturated carbocycles. The Morgan fingerprint density at radius 3 is 0.613 bits per heavy atom. The second kappa shape index (κ2) is 24.3. The van der Waals surface area contributed by atoms with Crippen LogP contribution in [0.3, 0.4) is 0 Å². The van der Waals surface area contributed by atoms with E-state index in [1.807, 2.05) is 0 Å². The normalized spacial score (nSPS) is 12.4. The van der Waals surface area contributed by atoms with E-state index in [1.165, 1.54) is 84.9 Å². The van der Waals surface area contributed by atoms with Crippen LogP contribution in [0.2, 0.25) is 0 Å². The summed E-state index contributed by atoms with van der Waals surface area (Å²) in [6.45, 7) is 0. The summed E-state index contributed by atoms with van der Waals surface area (Å²) in [5.74, 6) is -4.01. The average molecular weight is 1270 g/mol. The van der Waals surface area contributed by atoms with Crippen LogP contribution in [-0.4, -0.2) is 265 Å². The van der Waals surface area contributed by atoms with Crippen LogP contribution in [-0.2, 0) is 62.4 Å².